The Morgan fingerprint density at radius 1 is 1.25 bits per heavy atom. The molecule has 1 saturated heterocycles. The zero-order valence-corrected chi connectivity index (χ0v) is 17.0. The predicted molar refractivity (Wildman–Crippen MR) is 106 cm³/mol. The van der Waals surface area contributed by atoms with Crippen LogP contribution < -0.4 is 5.32 Å². The summed E-state index contributed by atoms with van der Waals surface area (Å²) in [6.45, 7) is 5.30. The van der Waals surface area contributed by atoms with E-state index in [4.69, 9.17) is 4.74 Å². The van der Waals surface area contributed by atoms with Gasteiger partial charge in [-0.05, 0) is 51.9 Å². The van der Waals surface area contributed by atoms with Crippen molar-refractivity contribution in [3.05, 3.63) is 23.8 Å². The molecule has 7 heteroatoms. The minimum Gasteiger partial charge on any atom is -0.371 e. The first-order valence-corrected chi connectivity index (χ1v) is 10.5. The molecule has 1 N–H and O–H groups in total. The highest BCUT2D eigenvalue weighted by Crippen LogP contribution is 2.25. The Kier molecular flexibility index (Phi) is 7.36. The summed E-state index contributed by atoms with van der Waals surface area (Å²) < 4.78 is 5.73. The maximum Gasteiger partial charge on any atom is 0.254 e. The first kappa shape index (κ1) is 20.7. The lowest BCUT2D eigenvalue weighted by Gasteiger charge is -2.39. The van der Waals surface area contributed by atoms with Crippen LogP contribution in [-0.4, -0.2) is 58.5 Å². The number of amides is 2. The fourth-order valence-corrected chi connectivity index (χ4v) is 4.35. The molecule has 2 heterocycles. The van der Waals surface area contributed by atoms with E-state index in [0.717, 1.165) is 25.8 Å². The lowest BCUT2D eigenvalue weighted by atomic mass is 9.96. The highest BCUT2D eigenvalue weighted by molar-refractivity contribution is 5.95. The maximum absolute atomic E-state index is 12.8. The zero-order chi connectivity index (χ0) is 19.9. The van der Waals surface area contributed by atoms with Gasteiger partial charge in [0.2, 0.25) is 5.91 Å². The molecule has 0 bridgehead atoms. The molecule has 2 fully saturated rings. The first-order valence-electron chi connectivity index (χ1n) is 10.5. The quantitative estimate of drug-likeness (QED) is 0.776. The maximum atomic E-state index is 12.8. The molecule has 0 radical (unpaired) electrons. The van der Waals surface area contributed by atoms with Gasteiger partial charge in [-0.1, -0.05) is 12.8 Å². The molecule has 7 nitrogen and oxygen atoms in total. The summed E-state index contributed by atoms with van der Waals surface area (Å²) in [5.41, 5.74) is 1.12. The van der Waals surface area contributed by atoms with Gasteiger partial charge in [-0.3, -0.25) is 9.59 Å². The second-order valence-electron chi connectivity index (χ2n) is 8.10. The number of hydrogen-bond acceptors (Lipinski definition) is 5. The molecule has 2 aliphatic rings. The molecule has 3 rings (SSSR count). The summed E-state index contributed by atoms with van der Waals surface area (Å²) >= 11 is 0. The van der Waals surface area contributed by atoms with Crippen molar-refractivity contribution >= 4 is 11.8 Å². The number of carbonyl (C=O) groups excluding carboxylic acids is 2. The normalized spacial score (nSPS) is 21.5. The minimum atomic E-state index is -0.193. The second kappa shape index (κ2) is 9.96. The van der Waals surface area contributed by atoms with Crippen molar-refractivity contribution in [2.24, 2.45) is 5.92 Å². The lowest BCUT2D eigenvalue weighted by molar-refractivity contribution is -0.141. The van der Waals surface area contributed by atoms with Crippen molar-refractivity contribution < 1.29 is 14.3 Å². The Morgan fingerprint density at radius 3 is 2.75 bits per heavy atom. The number of ether oxygens (including phenoxy) is 1. The summed E-state index contributed by atoms with van der Waals surface area (Å²) in [6.07, 6.45) is 10.9. The molecular weight excluding hydrogens is 356 g/mol. The minimum absolute atomic E-state index is 0.00906. The van der Waals surface area contributed by atoms with Crippen LogP contribution in [0.5, 0.6) is 0 Å². The summed E-state index contributed by atoms with van der Waals surface area (Å²) in [7, 11) is 0. The SMILES string of the molecule is Cc1ncncc1C(=O)NC(C)C1CCCCN1C(=O)COCC1CCCC1. The van der Waals surface area contributed by atoms with Gasteiger partial charge in [-0.25, -0.2) is 9.97 Å². The van der Waals surface area contributed by atoms with Crippen molar-refractivity contribution in [2.45, 2.75) is 70.9 Å². The Labute approximate surface area is 167 Å². The molecular formula is C21H32N4O3. The Morgan fingerprint density at radius 2 is 2.00 bits per heavy atom. The molecule has 1 saturated carbocycles. The molecule has 1 aliphatic heterocycles. The van der Waals surface area contributed by atoms with E-state index < -0.39 is 0 Å². The number of likely N-dealkylation sites (tertiary alicyclic amines) is 1. The van der Waals surface area contributed by atoms with E-state index in [1.54, 1.807) is 6.92 Å². The summed E-state index contributed by atoms with van der Waals surface area (Å²) in [6, 6.07) is -0.156. The average molecular weight is 389 g/mol. The van der Waals surface area contributed by atoms with Gasteiger partial charge in [0.1, 0.15) is 12.9 Å². The standard InChI is InChI=1S/C21H32N4O3/c1-15-18(11-22-14-23-15)21(27)24-16(2)19-9-5-6-10-25(19)20(26)13-28-12-17-7-3-4-8-17/h11,14,16-17,19H,3-10,12-13H2,1-2H3,(H,24,27). The molecule has 1 aliphatic carbocycles. The van der Waals surface area contributed by atoms with Gasteiger partial charge in [0, 0.05) is 18.8 Å². The van der Waals surface area contributed by atoms with Crippen molar-refractivity contribution in [1.82, 2.24) is 20.2 Å². The number of rotatable bonds is 7. The molecule has 28 heavy (non-hydrogen) atoms. The second-order valence-corrected chi connectivity index (χ2v) is 8.10. The van der Waals surface area contributed by atoms with Gasteiger partial charge < -0.3 is 15.0 Å². The van der Waals surface area contributed by atoms with E-state index in [2.05, 4.69) is 15.3 Å². The van der Waals surface area contributed by atoms with Crippen molar-refractivity contribution in [3.8, 4) is 0 Å². The van der Waals surface area contributed by atoms with Gasteiger partial charge >= 0.3 is 0 Å². The summed E-state index contributed by atoms with van der Waals surface area (Å²) in [4.78, 5) is 35.3. The van der Waals surface area contributed by atoms with Crippen LogP contribution in [0.15, 0.2) is 12.5 Å². The van der Waals surface area contributed by atoms with E-state index in [-0.39, 0.29) is 30.5 Å². The third-order valence-electron chi connectivity index (χ3n) is 6.02. The molecule has 1 aromatic heterocycles. The van der Waals surface area contributed by atoms with Crippen molar-refractivity contribution in [3.63, 3.8) is 0 Å². The van der Waals surface area contributed by atoms with Crippen molar-refractivity contribution in [1.29, 1.82) is 0 Å². The smallest absolute Gasteiger partial charge is 0.254 e. The van der Waals surface area contributed by atoms with Crippen LogP contribution in [0.25, 0.3) is 0 Å². The van der Waals surface area contributed by atoms with E-state index in [1.165, 1.54) is 38.2 Å². The molecule has 2 amide bonds. The number of nitrogens with one attached hydrogen (secondary N) is 1. The third kappa shape index (κ3) is 5.28. The Hall–Kier alpha value is -2.02. The number of hydrogen-bond donors (Lipinski definition) is 1. The topological polar surface area (TPSA) is 84.4 Å². The largest absolute Gasteiger partial charge is 0.371 e. The van der Waals surface area contributed by atoms with Gasteiger partial charge in [-0.2, -0.15) is 0 Å². The van der Waals surface area contributed by atoms with E-state index >= 15 is 0 Å². The number of carbonyl (C=O) groups is 2. The van der Waals surface area contributed by atoms with Crippen LogP contribution in [0, 0.1) is 12.8 Å². The highest BCUT2D eigenvalue weighted by Gasteiger charge is 2.32. The lowest BCUT2D eigenvalue weighted by Crippen LogP contribution is -2.55. The summed E-state index contributed by atoms with van der Waals surface area (Å²) in [5.74, 6) is 0.448. The van der Waals surface area contributed by atoms with Gasteiger partial charge in [0.05, 0.1) is 23.9 Å². The number of aryl methyl sites for hydroxylation is 1. The first-order chi connectivity index (χ1) is 13.6. The zero-order valence-electron chi connectivity index (χ0n) is 17.0. The number of nitrogens with zero attached hydrogens (tertiary/aromatic N) is 3. The van der Waals surface area contributed by atoms with Crippen LogP contribution >= 0.6 is 0 Å². The van der Waals surface area contributed by atoms with Gasteiger partial charge in [0.15, 0.2) is 0 Å². The number of aromatic nitrogens is 2. The van der Waals surface area contributed by atoms with Crippen LogP contribution in [0.3, 0.4) is 0 Å². The molecule has 2 unspecified atom stereocenters. The Bertz CT molecular complexity index is 675. The highest BCUT2D eigenvalue weighted by atomic mass is 16.5. The third-order valence-corrected chi connectivity index (χ3v) is 6.02. The van der Waals surface area contributed by atoms with Crippen molar-refractivity contribution in [2.75, 3.05) is 19.8 Å². The molecule has 2 atom stereocenters. The van der Waals surface area contributed by atoms with Crippen LogP contribution in [-0.2, 0) is 9.53 Å². The fraction of sp³-hybridized carbons (Fsp3) is 0.714. The van der Waals surface area contributed by atoms with Crippen LogP contribution in [0.2, 0.25) is 0 Å². The molecule has 0 spiro atoms. The monoisotopic (exact) mass is 388 g/mol. The molecule has 154 valence electrons. The van der Waals surface area contributed by atoms with Crippen LogP contribution in [0.4, 0.5) is 0 Å². The fourth-order valence-electron chi connectivity index (χ4n) is 4.35. The number of piperidine rings is 1. The molecule has 0 aromatic carbocycles. The average Bonchev–Trinajstić information content (AvgIpc) is 3.21. The van der Waals surface area contributed by atoms with E-state index in [0.29, 0.717) is 23.8 Å². The molecule has 1 aromatic rings. The van der Waals surface area contributed by atoms with Crippen LogP contribution in [0.1, 0.15) is 67.9 Å². The Balaban J connectivity index is 1.54. The van der Waals surface area contributed by atoms with E-state index in [1.807, 2.05) is 11.8 Å². The predicted octanol–water partition coefficient (Wildman–Crippen LogP) is 2.49. The van der Waals surface area contributed by atoms with Gasteiger partial charge in [-0.15, -0.1) is 0 Å². The van der Waals surface area contributed by atoms with E-state index in [9.17, 15) is 9.59 Å². The summed E-state index contributed by atoms with van der Waals surface area (Å²) in [5, 5.41) is 3.04. The van der Waals surface area contributed by atoms with Gasteiger partial charge in [0.25, 0.3) is 5.91 Å².